The minimum absolute atomic E-state index is 0.265. The number of unbranched alkanes of at least 4 members (excludes halogenated alkanes) is 12. The van der Waals surface area contributed by atoms with Gasteiger partial charge in [0.25, 0.3) is 0 Å². The summed E-state index contributed by atoms with van der Waals surface area (Å²) in [4.78, 5) is 11.8. The minimum Gasteiger partial charge on any atom is -0.463 e. The van der Waals surface area contributed by atoms with Crippen molar-refractivity contribution in [3.05, 3.63) is 0 Å². The molecular weight excluding hydrogens is 376 g/mol. The third-order valence-corrected chi connectivity index (χ3v) is 5.58. The predicted octanol–water partition coefficient (Wildman–Crippen LogP) is 2.81. The summed E-state index contributed by atoms with van der Waals surface area (Å²) in [7, 11) is 0. The number of hydrogen-bond donors (Lipinski definition) is 4. The molecule has 5 unspecified atom stereocenters. The van der Waals surface area contributed by atoms with Crippen molar-refractivity contribution in [2.24, 2.45) is 0 Å². The average Bonchev–Trinajstić information content (AvgIpc) is 2.71. The first kappa shape index (κ1) is 26.3. The van der Waals surface area contributed by atoms with Crippen molar-refractivity contribution in [2.45, 2.75) is 128 Å². The molecule has 172 valence electrons. The van der Waals surface area contributed by atoms with Gasteiger partial charge in [0.05, 0.1) is 0 Å². The zero-order valence-corrected chi connectivity index (χ0v) is 18.0. The maximum atomic E-state index is 11.8. The Morgan fingerprint density at radius 3 is 1.72 bits per heavy atom. The van der Waals surface area contributed by atoms with Crippen LogP contribution in [0, 0.1) is 0 Å². The topological polar surface area (TPSA) is 116 Å². The summed E-state index contributed by atoms with van der Waals surface area (Å²) in [5.41, 5.74) is 0. The lowest BCUT2D eigenvalue weighted by molar-refractivity contribution is -0.287. The van der Waals surface area contributed by atoms with Gasteiger partial charge in [-0.05, 0) is 6.42 Å². The Balaban J connectivity index is 1.93. The Morgan fingerprint density at radius 2 is 1.21 bits per heavy atom. The molecule has 1 saturated heterocycles. The van der Waals surface area contributed by atoms with Crippen molar-refractivity contribution in [1.29, 1.82) is 0 Å². The lowest BCUT2D eigenvalue weighted by Gasteiger charge is -2.37. The van der Waals surface area contributed by atoms with Gasteiger partial charge in [-0.15, -0.1) is 0 Å². The van der Waals surface area contributed by atoms with E-state index in [0.717, 1.165) is 19.3 Å². The Hall–Kier alpha value is -0.730. The molecule has 7 nitrogen and oxygen atoms in total. The molecule has 0 aromatic carbocycles. The van der Waals surface area contributed by atoms with E-state index in [0.29, 0.717) is 6.42 Å². The van der Waals surface area contributed by atoms with Gasteiger partial charge >= 0.3 is 5.97 Å². The van der Waals surface area contributed by atoms with E-state index >= 15 is 0 Å². The highest BCUT2D eigenvalue weighted by Gasteiger charge is 2.43. The van der Waals surface area contributed by atoms with E-state index in [2.05, 4.69) is 6.92 Å². The van der Waals surface area contributed by atoms with Crippen molar-refractivity contribution >= 4 is 5.97 Å². The van der Waals surface area contributed by atoms with E-state index in [-0.39, 0.29) is 12.6 Å². The summed E-state index contributed by atoms with van der Waals surface area (Å²) in [6.45, 7) is 1.98. The molecule has 1 fully saturated rings. The van der Waals surface area contributed by atoms with Crippen molar-refractivity contribution in [3.63, 3.8) is 0 Å². The maximum Gasteiger partial charge on any atom is 0.305 e. The SMILES string of the molecule is CCCCCCCCCCCCCCCC(=O)OCC1OC(O)C(O)C(O)C1O. The average molecular weight is 419 g/mol. The number of aliphatic hydroxyl groups is 4. The second-order valence-corrected chi connectivity index (χ2v) is 8.21. The van der Waals surface area contributed by atoms with Crippen LogP contribution < -0.4 is 0 Å². The van der Waals surface area contributed by atoms with Crippen LogP contribution in [-0.2, 0) is 14.3 Å². The van der Waals surface area contributed by atoms with Gasteiger partial charge in [-0.3, -0.25) is 4.79 Å². The van der Waals surface area contributed by atoms with Gasteiger partial charge in [0, 0.05) is 6.42 Å². The molecule has 0 saturated carbocycles. The molecule has 0 aromatic heterocycles. The molecule has 1 heterocycles. The first-order valence-corrected chi connectivity index (χ1v) is 11.5. The quantitative estimate of drug-likeness (QED) is 0.225. The number of rotatable bonds is 16. The van der Waals surface area contributed by atoms with Gasteiger partial charge in [-0.25, -0.2) is 0 Å². The Kier molecular flexibility index (Phi) is 14.5. The first-order chi connectivity index (χ1) is 14.0. The van der Waals surface area contributed by atoms with Gasteiger partial charge in [0.15, 0.2) is 6.29 Å². The fourth-order valence-electron chi connectivity index (χ4n) is 3.60. The lowest BCUT2D eigenvalue weighted by Crippen LogP contribution is -2.58. The third kappa shape index (κ3) is 11.3. The van der Waals surface area contributed by atoms with Crippen LogP contribution >= 0.6 is 0 Å². The molecule has 7 heteroatoms. The van der Waals surface area contributed by atoms with Crippen molar-refractivity contribution < 1.29 is 34.7 Å². The van der Waals surface area contributed by atoms with E-state index in [1.165, 1.54) is 64.2 Å². The normalized spacial score (nSPS) is 27.1. The molecular formula is C22H42O7. The highest BCUT2D eigenvalue weighted by atomic mass is 16.6. The van der Waals surface area contributed by atoms with Crippen LogP contribution in [0.4, 0.5) is 0 Å². The fraction of sp³-hybridized carbons (Fsp3) is 0.955. The van der Waals surface area contributed by atoms with E-state index in [4.69, 9.17) is 9.47 Å². The van der Waals surface area contributed by atoms with Crippen molar-refractivity contribution in [3.8, 4) is 0 Å². The molecule has 5 atom stereocenters. The largest absolute Gasteiger partial charge is 0.463 e. The molecule has 0 spiro atoms. The van der Waals surface area contributed by atoms with Gasteiger partial charge in [0.1, 0.15) is 31.0 Å². The Labute approximate surface area is 175 Å². The zero-order chi connectivity index (χ0) is 21.5. The maximum absolute atomic E-state index is 11.8. The van der Waals surface area contributed by atoms with Gasteiger partial charge in [0.2, 0.25) is 0 Å². The number of carbonyl (C=O) groups is 1. The van der Waals surface area contributed by atoms with Crippen LogP contribution in [0.25, 0.3) is 0 Å². The minimum atomic E-state index is -1.61. The van der Waals surface area contributed by atoms with Crippen LogP contribution in [0.1, 0.15) is 96.8 Å². The smallest absolute Gasteiger partial charge is 0.305 e. The molecule has 29 heavy (non-hydrogen) atoms. The molecule has 4 N–H and O–H groups in total. The lowest BCUT2D eigenvalue weighted by atomic mass is 9.99. The van der Waals surface area contributed by atoms with Crippen LogP contribution in [0.3, 0.4) is 0 Å². The summed E-state index contributed by atoms with van der Waals surface area (Å²) in [6.07, 6.45) is 9.16. The summed E-state index contributed by atoms with van der Waals surface area (Å²) in [5.74, 6) is -0.390. The van der Waals surface area contributed by atoms with Crippen molar-refractivity contribution in [1.82, 2.24) is 0 Å². The van der Waals surface area contributed by atoms with Crippen LogP contribution in [-0.4, -0.2) is 63.7 Å². The number of ether oxygens (including phenoxy) is 2. The fourth-order valence-corrected chi connectivity index (χ4v) is 3.60. The molecule has 1 aliphatic heterocycles. The summed E-state index contributed by atoms with van der Waals surface area (Å²) in [6, 6.07) is 0. The molecule has 1 rings (SSSR count). The zero-order valence-electron chi connectivity index (χ0n) is 18.0. The Bertz CT molecular complexity index is 418. The molecule has 0 amide bonds. The van der Waals surface area contributed by atoms with Crippen LogP contribution in [0.5, 0.6) is 0 Å². The highest BCUT2D eigenvalue weighted by Crippen LogP contribution is 2.20. The summed E-state index contributed by atoms with van der Waals surface area (Å²) < 4.78 is 10.0. The van der Waals surface area contributed by atoms with E-state index in [1.54, 1.807) is 0 Å². The van der Waals surface area contributed by atoms with Gasteiger partial charge in [-0.1, -0.05) is 84.0 Å². The highest BCUT2D eigenvalue weighted by molar-refractivity contribution is 5.69. The number of hydrogen-bond acceptors (Lipinski definition) is 7. The molecule has 0 bridgehead atoms. The number of esters is 1. The summed E-state index contributed by atoms with van der Waals surface area (Å²) in [5, 5.41) is 38.3. The second kappa shape index (κ2) is 16.0. The number of aliphatic hydroxyl groups excluding tert-OH is 4. The molecule has 0 aliphatic carbocycles. The van der Waals surface area contributed by atoms with Crippen LogP contribution in [0.2, 0.25) is 0 Å². The monoisotopic (exact) mass is 418 g/mol. The second-order valence-electron chi connectivity index (χ2n) is 8.21. The van der Waals surface area contributed by atoms with E-state index < -0.39 is 30.7 Å². The van der Waals surface area contributed by atoms with E-state index in [1.807, 2.05) is 0 Å². The van der Waals surface area contributed by atoms with Gasteiger partial charge in [-0.2, -0.15) is 0 Å². The molecule has 0 aromatic rings. The summed E-state index contributed by atoms with van der Waals surface area (Å²) >= 11 is 0. The molecule has 0 radical (unpaired) electrons. The third-order valence-electron chi connectivity index (χ3n) is 5.58. The van der Waals surface area contributed by atoms with Crippen LogP contribution in [0.15, 0.2) is 0 Å². The standard InChI is InChI=1S/C22H42O7/c1-2-3-4-5-6-7-8-9-10-11-12-13-14-15-18(23)28-16-17-19(24)20(25)21(26)22(27)29-17/h17,19-22,24-27H,2-16H2,1H3. The molecule has 1 aliphatic rings. The first-order valence-electron chi connectivity index (χ1n) is 11.5. The predicted molar refractivity (Wildman–Crippen MR) is 110 cm³/mol. The van der Waals surface area contributed by atoms with E-state index in [9.17, 15) is 25.2 Å². The van der Waals surface area contributed by atoms with Crippen molar-refractivity contribution in [2.75, 3.05) is 6.61 Å². The Morgan fingerprint density at radius 1 is 0.724 bits per heavy atom. The van der Waals surface area contributed by atoms with Gasteiger partial charge < -0.3 is 29.9 Å². The number of carbonyl (C=O) groups excluding carboxylic acids is 1.